The Labute approximate surface area is 207 Å². The maximum Gasteiger partial charge on any atom is 0.225 e. The smallest absolute Gasteiger partial charge is 0.225 e. The number of ether oxygens (including phenoxy) is 1. The fourth-order valence-electron chi connectivity index (χ4n) is 5.54. The summed E-state index contributed by atoms with van der Waals surface area (Å²) in [5.41, 5.74) is 6.58. The number of carbonyl (C=O) groups excluding carboxylic acids is 1. The number of pyridine rings is 1. The van der Waals surface area contributed by atoms with E-state index in [2.05, 4.69) is 54.1 Å². The number of imidazole rings is 1. The lowest BCUT2D eigenvalue weighted by Gasteiger charge is -2.34. The van der Waals surface area contributed by atoms with Crippen molar-refractivity contribution in [2.45, 2.75) is 65.5 Å². The summed E-state index contributed by atoms with van der Waals surface area (Å²) >= 11 is 0. The minimum absolute atomic E-state index is 0.173. The number of hydrogen-bond donors (Lipinski definition) is 1. The van der Waals surface area contributed by atoms with Crippen LogP contribution in [0.2, 0.25) is 0 Å². The van der Waals surface area contributed by atoms with Crippen LogP contribution < -0.4 is 5.32 Å². The Morgan fingerprint density at radius 3 is 2.46 bits per heavy atom. The van der Waals surface area contributed by atoms with Crippen molar-refractivity contribution in [1.29, 1.82) is 0 Å². The molecule has 1 amide bonds. The Hall–Kier alpha value is -2.93. The van der Waals surface area contributed by atoms with Crippen LogP contribution in [0.4, 0.5) is 5.69 Å². The van der Waals surface area contributed by atoms with E-state index in [1.807, 2.05) is 11.8 Å². The molecule has 0 atom stereocenters. The highest BCUT2D eigenvalue weighted by atomic mass is 16.5. The summed E-state index contributed by atoms with van der Waals surface area (Å²) in [7, 11) is 0. The van der Waals surface area contributed by atoms with Crippen molar-refractivity contribution in [3.8, 4) is 0 Å². The molecule has 2 fully saturated rings. The topological polar surface area (TPSA) is 72.3 Å². The number of rotatable bonds is 6. The number of aryl methyl sites for hydroxylation is 3. The summed E-state index contributed by atoms with van der Waals surface area (Å²) in [4.78, 5) is 24.4. The zero-order valence-electron chi connectivity index (χ0n) is 21.2. The largest absolute Gasteiger partial charge is 0.382 e. The standard InChI is InChI=1S/C28H37N5O2/c1-4-25-31-26-19(2)17-20(3)29-27(26)33(25)18-21-5-9-23(10-6-21)30-24-11-7-22(8-12-24)28(34)32-13-15-35-16-14-32/h5-6,9-10,17,22,24,30H,4,7-8,11-16,18H2,1-3H3. The Morgan fingerprint density at radius 2 is 1.77 bits per heavy atom. The number of benzene rings is 1. The molecule has 1 aliphatic carbocycles. The van der Waals surface area contributed by atoms with E-state index in [0.29, 0.717) is 25.2 Å². The average Bonchev–Trinajstić information content (AvgIpc) is 3.23. The first-order chi connectivity index (χ1) is 17.0. The molecule has 1 N–H and O–H groups in total. The van der Waals surface area contributed by atoms with Crippen LogP contribution in [-0.2, 0) is 22.5 Å². The fourth-order valence-corrected chi connectivity index (χ4v) is 5.54. The first-order valence-corrected chi connectivity index (χ1v) is 13.1. The van der Waals surface area contributed by atoms with E-state index in [0.717, 1.165) is 80.1 Å². The highest BCUT2D eigenvalue weighted by molar-refractivity contribution is 5.79. The third kappa shape index (κ3) is 5.20. The van der Waals surface area contributed by atoms with Crippen LogP contribution in [0.15, 0.2) is 30.3 Å². The van der Waals surface area contributed by atoms with Gasteiger partial charge in [0.2, 0.25) is 5.91 Å². The predicted octanol–water partition coefficient (Wildman–Crippen LogP) is 4.49. The molecule has 7 nitrogen and oxygen atoms in total. The highest BCUT2D eigenvalue weighted by Crippen LogP contribution is 2.29. The molecule has 0 spiro atoms. The Balaban J connectivity index is 1.19. The van der Waals surface area contributed by atoms with E-state index in [-0.39, 0.29) is 5.92 Å². The van der Waals surface area contributed by atoms with Gasteiger partial charge >= 0.3 is 0 Å². The second-order valence-electron chi connectivity index (χ2n) is 10.0. The molecular formula is C28H37N5O2. The third-order valence-electron chi connectivity index (χ3n) is 7.48. The summed E-state index contributed by atoms with van der Waals surface area (Å²) in [6.07, 6.45) is 4.88. The normalized spacial score (nSPS) is 20.8. The molecule has 0 radical (unpaired) electrons. The van der Waals surface area contributed by atoms with Crippen molar-refractivity contribution in [3.63, 3.8) is 0 Å². The lowest BCUT2D eigenvalue weighted by atomic mass is 9.85. The van der Waals surface area contributed by atoms with E-state index in [1.165, 1.54) is 11.1 Å². The second kappa shape index (κ2) is 10.4. The number of amides is 1. The summed E-state index contributed by atoms with van der Waals surface area (Å²) in [5, 5.41) is 3.70. The number of carbonyl (C=O) groups is 1. The fraction of sp³-hybridized carbons (Fsp3) is 0.536. The lowest BCUT2D eigenvalue weighted by Crippen LogP contribution is -2.45. The lowest BCUT2D eigenvalue weighted by molar-refractivity contribution is -0.140. The zero-order chi connectivity index (χ0) is 24.4. The molecule has 2 aliphatic rings. The second-order valence-corrected chi connectivity index (χ2v) is 10.0. The molecule has 7 heteroatoms. The molecule has 1 aromatic carbocycles. The van der Waals surface area contributed by atoms with E-state index >= 15 is 0 Å². The molecule has 1 saturated heterocycles. The van der Waals surface area contributed by atoms with Crippen LogP contribution in [0.5, 0.6) is 0 Å². The van der Waals surface area contributed by atoms with Crippen LogP contribution in [0.1, 0.15) is 55.3 Å². The molecular weight excluding hydrogens is 438 g/mol. The number of morpholine rings is 1. The van der Waals surface area contributed by atoms with E-state index < -0.39 is 0 Å². The molecule has 3 aromatic rings. The number of nitrogens with one attached hydrogen (secondary N) is 1. The molecule has 1 aliphatic heterocycles. The van der Waals surface area contributed by atoms with Gasteiger partial charge in [-0.1, -0.05) is 19.1 Å². The first kappa shape index (κ1) is 23.8. The monoisotopic (exact) mass is 475 g/mol. The summed E-state index contributed by atoms with van der Waals surface area (Å²) < 4.78 is 7.64. The minimum atomic E-state index is 0.173. The van der Waals surface area contributed by atoms with Gasteiger partial charge in [-0.2, -0.15) is 0 Å². The van der Waals surface area contributed by atoms with Crippen LogP contribution in [0, 0.1) is 19.8 Å². The molecule has 35 heavy (non-hydrogen) atoms. The van der Waals surface area contributed by atoms with Crippen molar-refractivity contribution in [3.05, 3.63) is 53.0 Å². The van der Waals surface area contributed by atoms with Crippen molar-refractivity contribution in [1.82, 2.24) is 19.4 Å². The predicted molar refractivity (Wildman–Crippen MR) is 139 cm³/mol. The SMILES string of the molecule is CCc1nc2c(C)cc(C)nc2n1Cc1ccc(NC2CCC(C(=O)N3CCOCC3)CC2)cc1. The van der Waals surface area contributed by atoms with Crippen molar-refractivity contribution >= 4 is 22.8 Å². The maximum atomic E-state index is 12.8. The number of nitrogens with zero attached hydrogens (tertiary/aromatic N) is 4. The molecule has 186 valence electrons. The number of hydrogen-bond acceptors (Lipinski definition) is 5. The van der Waals surface area contributed by atoms with Crippen LogP contribution in [0.3, 0.4) is 0 Å². The minimum Gasteiger partial charge on any atom is -0.382 e. The third-order valence-corrected chi connectivity index (χ3v) is 7.48. The summed E-state index contributed by atoms with van der Waals surface area (Å²) in [5.74, 6) is 1.58. The summed E-state index contributed by atoms with van der Waals surface area (Å²) in [6, 6.07) is 11.3. The van der Waals surface area contributed by atoms with Gasteiger partial charge in [-0.3, -0.25) is 4.79 Å². The van der Waals surface area contributed by atoms with Crippen LogP contribution in [-0.4, -0.2) is 57.7 Å². The molecule has 0 bridgehead atoms. The molecule has 1 saturated carbocycles. The van der Waals surface area contributed by atoms with Gasteiger partial charge in [0.05, 0.1) is 19.8 Å². The Bertz CT molecular complexity index is 1170. The van der Waals surface area contributed by atoms with Gasteiger partial charge in [0, 0.05) is 42.9 Å². The van der Waals surface area contributed by atoms with Gasteiger partial charge < -0.3 is 19.5 Å². The summed E-state index contributed by atoms with van der Waals surface area (Å²) in [6.45, 7) is 9.90. The Morgan fingerprint density at radius 1 is 1.06 bits per heavy atom. The number of anilines is 1. The first-order valence-electron chi connectivity index (χ1n) is 13.1. The number of fused-ring (bicyclic) bond motifs is 1. The van der Waals surface area contributed by atoms with E-state index in [4.69, 9.17) is 14.7 Å². The van der Waals surface area contributed by atoms with Gasteiger partial charge in [0.15, 0.2) is 5.65 Å². The van der Waals surface area contributed by atoms with Gasteiger partial charge in [-0.05, 0) is 68.9 Å². The molecule has 2 aromatic heterocycles. The Kier molecular flexibility index (Phi) is 7.04. The van der Waals surface area contributed by atoms with Crippen LogP contribution >= 0.6 is 0 Å². The maximum absolute atomic E-state index is 12.8. The van der Waals surface area contributed by atoms with Gasteiger partial charge in [0.25, 0.3) is 0 Å². The van der Waals surface area contributed by atoms with E-state index in [1.54, 1.807) is 0 Å². The van der Waals surface area contributed by atoms with Crippen LogP contribution in [0.25, 0.3) is 11.2 Å². The molecule has 0 unspecified atom stereocenters. The van der Waals surface area contributed by atoms with Gasteiger partial charge in [-0.15, -0.1) is 0 Å². The molecule has 3 heterocycles. The average molecular weight is 476 g/mol. The quantitative estimate of drug-likeness (QED) is 0.569. The van der Waals surface area contributed by atoms with Gasteiger partial charge in [0.1, 0.15) is 11.3 Å². The van der Waals surface area contributed by atoms with Crippen molar-refractivity contribution in [2.24, 2.45) is 5.92 Å². The van der Waals surface area contributed by atoms with E-state index in [9.17, 15) is 4.79 Å². The van der Waals surface area contributed by atoms with Crippen molar-refractivity contribution < 1.29 is 9.53 Å². The zero-order valence-corrected chi connectivity index (χ0v) is 21.2. The van der Waals surface area contributed by atoms with Gasteiger partial charge in [-0.25, -0.2) is 9.97 Å². The van der Waals surface area contributed by atoms with Crippen molar-refractivity contribution in [2.75, 3.05) is 31.6 Å². The molecule has 5 rings (SSSR count). The number of aromatic nitrogens is 3. The highest BCUT2D eigenvalue weighted by Gasteiger charge is 2.30.